The van der Waals surface area contributed by atoms with Gasteiger partial charge in [-0.1, -0.05) is 42.5 Å². The van der Waals surface area contributed by atoms with Crippen LogP contribution in [0.25, 0.3) is 0 Å². The molecule has 0 saturated carbocycles. The average molecular weight is 359 g/mol. The van der Waals surface area contributed by atoms with E-state index in [0.717, 1.165) is 24.5 Å². The van der Waals surface area contributed by atoms with Crippen LogP contribution in [0.2, 0.25) is 0 Å². The summed E-state index contributed by atoms with van der Waals surface area (Å²) in [5.74, 6) is 2.18. The van der Waals surface area contributed by atoms with Crippen LogP contribution >= 0.6 is 0 Å². The molecule has 3 aromatic carbocycles. The van der Waals surface area contributed by atoms with E-state index < -0.39 is 0 Å². The molecule has 0 radical (unpaired) electrons. The van der Waals surface area contributed by atoms with E-state index in [9.17, 15) is 4.79 Å². The molecule has 1 heterocycles. The Morgan fingerprint density at radius 2 is 1.41 bits per heavy atom. The van der Waals surface area contributed by atoms with Gasteiger partial charge in [-0.3, -0.25) is 4.79 Å². The minimum absolute atomic E-state index is 0.00844. The molecular formula is C23H21NO3. The van der Waals surface area contributed by atoms with Crippen LogP contribution in [0.5, 0.6) is 17.2 Å². The third-order valence-electron chi connectivity index (χ3n) is 4.65. The van der Waals surface area contributed by atoms with Gasteiger partial charge < -0.3 is 14.4 Å². The molecule has 0 aromatic heterocycles. The van der Waals surface area contributed by atoms with Crippen molar-refractivity contribution in [3.8, 4) is 17.2 Å². The number of amides is 1. The number of carbonyl (C=O) groups is 1. The van der Waals surface area contributed by atoms with E-state index in [0.29, 0.717) is 12.3 Å². The topological polar surface area (TPSA) is 38.8 Å². The third-order valence-corrected chi connectivity index (χ3v) is 4.65. The van der Waals surface area contributed by atoms with Crippen molar-refractivity contribution in [2.75, 3.05) is 13.2 Å². The van der Waals surface area contributed by atoms with E-state index in [1.165, 1.54) is 11.1 Å². The molecule has 4 heteroatoms. The Kier molecular flexibility index (Phi) is 5.06. The normalized spacial score (nSPS) is 13.0. The van der Waals surface area contributed by atoms with E-state index in [1.807, 2.05) is 71.6 Å². The first-order chi connectivity index (χ1) is 13.3. The molecule has 4 nitrogen and oxygen atoms in total. The Balaban J connectivity index is 1.30. The van der Waals surface area contributed by atoms with Crippen molar-refractivity contribution in [1.82, 2.24) is 4.90 Å². The van der Waals surface area contributed by atoms with Crippen LogP contribution in [0.4, 0.5) is 0 Å². The SMILES string of the molecule is O=C(COc1ccc(Oc2ccccc2)cc1)N1CCc2ccccc2C1. The van der Waals surface area contributed by atoms with Crippen LogP contribution in [-0.4, -0.2) is 24.0 Å². The van der Waals surface area contributed by atoms with Gasteiger partial charge in [-0.15, -0.1) is 0 Å². The van der Waals surface area contributed by atoms with E-state index in [2.05, 4.69) is 12.1 Å². The number of ether oxygens (including phenoxy) is 2. The Morgan fingerprint density at radius 1 is 0.778 bits per heavy atom. The van der Waals surface area contributed by atoms with E-state index in [-0.39, 0.29) is 12.5 Å². The number of benzene rings is 3. The Labute approximate surface area is 159 Å². The molecule has 0 N–H and O–H groups in total. The fourth-order valence-corrected chi connectivity index (χ4v) is 3.17. The number of nitrogens with zero attached hydrogens (tertiary/aromatic N) is 1. The van der Waals surface area contributed by atoms with E-state index >= 15 is 0 Å². The largest absolute Gasteiger partial charge is 0.484 e. The number of fused-ring (bicyclic) bond motifs is 1. The first-order valence-electron chi connectivity index (χ1n) is 9.08. The van der Waals surface area contributed by atoms with Gasteiger partial charge in [-0.05, 0) is 53.9 Å². The Morgan fingerprint density at radius 3 is 2.19 bits per heavy atom. The first kappa shape index (κ1) is 17.2. The molecule has 0 bridgehead atoms. The third kappa shape index (κ3) is 4.29. The van der Waals surface area contributed by atoms with Gasteiger partial charge in [0.15, 0.2) is 6.61 Å². The van der Waals surface area contributed by atoms with Gasteiger partial charge in [-0.25, -0.2) is 0 Å². The fraction of sp³-hybridized carbons (Fsp3) is 0.174. The molecule has 136 valence electrons. The van der Waals surface area contributed by atoms with Gasteiger partial charge in [-0.2, -0.15) is 0 Å². The van der Waals surface area contributed by atoms with Crippen molar-refractivity contribution in [3.63, 3.8) is 0 Å². The summed E-state index contributed by atoms with van der Waals surface area (Å²) >= 11 is 0. The van der Waals surface area contributed by atoms with Crippen LogP contribution < -0.4 is 9.47 Å². The van der Waals surface area contributed by atoms with Crippen molar-refractivity contribution in [1.29, 1.82) is 0 Å². The first-order valence-corrected chi connectivity index (χ1v) is 9.08. The standard InChI is InChI=1S/C23H21NO3/c25-23(24-15-14-18-6-4-5-7-19(18)16-24)17-26-20-10-12-22(13-11-20)27-21-8-2-1-3-9-21/h1-13H,14-17H2. The summed E-state index contributed by atoms with van der Waals surface area (Å²) in [6.07, 6.45) is 0.896. The lowest BCUT2D eigenvalue weighted by Gasteiger charge is -2.28. The Bertz CT molecular complexity index is 906. The van der Waals surface area contributed by atoms with Crippen LogP contribution in [0.15, 0.2) is 78.9 Å². The van der Waals surface area contributed by atoms with Crippen LogP contribution in [0, 0.1) is 0 Å². The van der Waals surface area contributed by atoms with Crippen LogP contribution in [0.3, 0.4) is 0 Å². The number of carbonyl (C=O) groups excluding carboxylic acids is 1. The van der Waals surface area contributed by atoms with Crippen LogP contribution in [-0.2, 0) is 17.8 Å². The summed E-state index contributed by atoms with van der Waals surface area (Å²) < 4.78 is 11.4. The van der Waals surface area contributed by atoms with E-state index in [4.69, 9.17) is 9.47 Å². The second-order valence-corrected chi connectivity index (χ2v) is 6.51. The summed E-state index contributed by atoms with van der Waals surface area (Å²) in [5, 5.41) is 0. The molecule has 3 aromatic rings. The molecule has 0 unspecified atom stereocenters. The monoisotopic (exact) mass is 359 g/mol. The smallest absolute Gasteiger partial charge is 0.260 e. The molecule has 1 aliphatic rings. The molecular weight excluding hydrogens is 338 g/mol. The summed E-state index contributed by atoms with van der Waals surface area (Å²) in [6.45, 7) is 1.44. The zero-order chi connectivity index (χ0) is 18.5. The molecule has 4 rings (SSSR count). The molecule has 0 spiro atoms. The molecule has 1 aliphatic heterocycles. The van der Waals surface area contributed by atoms with Gasteiger partial charge in [0, 0.05) is 13.1 Å². The number of rotatable bonds is 5. The molecule has 27 heavy (non-hydrogen) atoms. The lowest BCUT2D eigenvalue weighted by Crippen LogP contribution is -2.38. The maximum atomic E-state index is 12.5. The zero-order valence-electron chi connectivity index (χ0n) is 15.0. The predicted molar refractivity (Wildman–Crippen MR) is 104 cm³/mol. The molecule has 1 amide bonds. The minimum atomic E-state index is 0.00844. The van der Waals surface area contributed by atoms with Crippen molar-refractivity contribution in [3.05, 3.63) is 90.0 Å². The number of para-hydroxylation sites is 1. The molecule has 0 atom stereocenters. The van der Waals surface area contributed by atoms with Crippen molar-refractivity contribution >= 4 is 5.91 Å². The van der Waals surface area contributed by atoms with Crippen molar-refractivity contribution in [2.24, 2.45) is 0 Å². The minimum Gasteiger partial charge on any atom is -0.484 e. The zero-order valence-corrected chi connectivity index (χ0v) is 15.0. The molecule has 0 aliphatic carbocycles. The fourth-order valence-electron chi connectivity index (χ4n) is 3.17. The summed E-state index contributed by atoms with van der Waals surface area (Å²) in [6, 6.07) is 25.2. The van der Waals surface area contributed by atoms with Gasteiger partial charge in [0.05, 0.1) is 0 Å². The highest BCUT2D eigenvalue weighted by atomic mass is 16.5. The summed E-state index contributed by atoms with van der Waals surface area (Å²) in [4.78, 5) is 14.3. The van der Waals surface area contributed by atoms with Crippen LogP contribution in [0.1, 0.15) is 11.1 Å². The van der Waals surface area contributed by atoms with Crippen molar-refractivity contribution in [2.45, 2.75) is 13.0 Å². The van der Waals surface area contributed by atoms with Gasteiger partial charge in [0.1, 0.15) is 17.2 Å². The van der Waals surface area contributed by atoms with Gasteiger partial charge in [0.25, 0.3) is 5.91 Å². The highest BCUT2D eigenvalue weighted by Crippen LogP contribution is 2.24. The average Bonchev–Trinajstić information content (AvgIpc) is 2.73. The summed E-state index contributed by atoms with van der Waals surface area (Å²) in [5.41, 5.74) is 2.55. The maximum absolute atomic E-state index is 12.5. The maximum Gasteiger partial charge on any atom is 0.260 e. The number of hydrogen-bond donors (Lipinski definition) is 0. The molecule has 0 fully saturated rings. The van der Waals surface area contributed by atoms with Gasteiger partial charge >= 0.3 is 0 Å². The second-order valence-electron chi connectivity index (χ2n) is 6.51. The lowest BCUT2D eigenvalue weighted by atomic mass is 10.00. The quantitative estimate of drug-likeness (QED) is 0.676. The van der Waals surface area contributed by atoms with Gasteiger partial charge in [0.2, 0.25) is 0 Å². The Hall–Kier alpha value is -3.27. The van der Waals surface area contributed by atoms with E-state index in [1.54, 1.807) is 0 Å². The molecule has 0 saturated heterocycles. The summed E-state index contributed by atoms with van der Waals surface area (Å²) in [7, 11) is 0. The highest BCUT2D eigenvalue weighted by molar-refractivity contribution is 5.78. The number of hydrogen-bond acceptors (Lipinski definition) is 3. The highest BCUT2D eigenvalue weighted by Gasteiger charge is 2.20. The second kappa shape index (κ2) is 7.96. The predicted octanol–water partition coefficient (Wildman–Crippen LogP) is 4.44. The van der Waals surface area contributed by atoms with Crippen molar-refractivity contribution < 1.29 is 14.3 Å². The lowest BCUT2D eigenvalue weighted by molar-refractivity contribution is -0.134.